The summed E-state index contributed by atoms with van der Waals surface area (Å²) in [5.41, 5.74) is 1.72. The molecule has 1 aliphatic heterocycles. The monoisotopic (exact) mass is 473 g/mol. The lowest BCUT2D eigenvalue weighted by Crippen LogP contribution is -2.42. The van der Waals surface area contributed by atoms with Crippen molar-refractivity contribution in [3.63, 3.8) is 0 Å². The second-order valence-electron chi connectivity index (χ2n) is 8.29. The molecule has 1 N–H and O–H groups in total. The normalized spacial score (nSPS) is 19.6. The SMILES string of the molecule is C[C@@H]1C[C@H](C)CN(S(=O)(=O)c2ccc(C(=O)Nc3nc(-c4ccc(F)cc4)cs3)cc2)C1. The minimum Gasteiger partial charge on any atom is -0.298 e. The molecule has 1 aliphatic rings. The molecule has 9 heteroatoms. The number of hydrogen-bond acceptors (Lipinski definition) is 5. The predicted molar refractivity (Wildman–Crippen MR) is 124 cm³/mol. The van der Waals surface area contributed by atoms with E-state index in [9.17, 15) is 17.6 Å². The average molecular weight is 474 g/mol. The van der Waals surface area contributed by atoms with Crippen molar-refractivity contribution in [3.05, 3.63) is 65.3 Å². The Hall–Kier alpha value is -2.62. The fraction of sp³-hybridized carbons (Fsp3) is 0.304. The zero-order chi connectivity index (χ0) is 22.9. The Balaban J connectivity index is 1.45. The molecule has 2 heterocycles. The van der Waals surface area contributed by atoms with E-state index in [1.54, 1.807) is 17.5 Å². The van der Waals surface area contributed by atoms with Crippen molar-refractivity contribution in [2.45, 2.75) is 25.2 Å². The Labute approximate surface area is 191 Å². The van der Waals surface area contributed by atoms with Gasteiger partial charge in [0, 0.05) is 29.6 Å². The van der Waals surface area contributed by atoms with Gasteiger partial charge in [0.25, 0.3) is 5.91 Å². The molecular formula is C23H24FN3O3S2. The van der Waals surface area contributed by atoms with E-state index in [-0.39, 0.29) is 16.6 Å². The third kappa shape index (κ3) is 4.90. The summed E-state index contributed by atoms with van der Waals surface area (Å²) in [5.74, 6) is -0.0743. The molecule has 1 amide bonds. The van der Waals surface area contributed by atoms with Crippen LogP contribution in [0.1, 0.15) is 30.6 Å². The van der Waals surface area contributed by atoms with Crippen LogP contribution < -0.4 is 5.32 Å². The number of nitrogens with one attached hydrogen (secondary N) is 1. The van der Waals surface area contributed by atoms with E-state index in [1.807, 2.05) is 0 Å². The fourth-order valence-electron chi connectivity index (χ4n) is 3.98. The number of hydrogen-bond donors (Lipinski definition) is 1. The second kappa shape index (κ2) is 9.09. The Bertz CT molecular complexity index is 1200. The molecule has 1 aromatic heterocycles. The number of nitrogens with zero attached hydrogens (tertiary/aromatic N) is 2. The lowest BCUT2D eigenvalue weighted by Gasteiger charge is -2.34. The first kappa shape index (κ1) is 22.6. The van der Waals surface area contributed by atoms with Crippen LogP contribution in [0.15, 0.2) is 58.8 Å². The van der Waals surface area contributed by atoms with Gasteiger partial charge in [0.05, 0.1) is 10.6 Å². The number of aromatic nitrogens is 1. The third-order valence-electron chi connectivity index (χ3n) is 5.45. The van der Waals surface area contributed by atoms with Crippen LogP contribution in [-0.2, 0) is 10.0 Å². The molecule has 1 fully saturated rings. The highest BCUT2D eigenvalue weighted by atomic mass is 32.2. The van der Waals surface area contributed by atoms with E-state index in [2.05, 4.69) is 24.1 Å². The highest BCUT2D eigenvalue weighted by Crippen LogP contribution is 2.28. The van der Waals surface area contributed by atoms with Gasteiger partial charge >= 0.3 is 0 Å². The quantitative estimate of drug-likeness (QED) is 0.574. The lowest BCUT2D eigenvalue weighted by atomic mass is 9.94. The van der Waals surface area contributed by atoms with Crippen molar-refractivity contribution in [3.8, 4) is 11.3 Å². The fourth-order valence-corrected chi connectivity index (χ4v) is 6.38. The molecule has 3 aromatic rings. The Kier molecular flexibility index (Phi) is 6.41. The number of amides is 1. The summed E-state index contributed by atoms with van der Waals surface area (Å²) in [6.07, 6.45) is 1.02. The molecule has 4 rings (SSSR count). The van der Waals surface area contributed by atoms with Crippen molar-refractivity contribution in [2.24, 2.45) is 11.8 Å². The van der Waals surface area contributed by atoms with E-state index in [0.717, 1.165) is 12.0 Å². The van der Waals surface area contributed by atoms with E-state index in [0.29, 0.717) is 41.3 Å². The molecule has 1 saturated heterocycles. The van der Waals surface area contributed by atoms with Gasteiger partial charge < -0.3 is 0 Å². The maximum atomic E-state index is 13.1. The highest BCUT2D eigenvalue weighted by molar-refractivity contribution is 7.89. The molecular weight excluding hydrogens is 449 g/mol. The van der Waals surface area contributed by atoms with Gasteiger partial charge in [-0.2, -0.15) is 4.31 Å². The van der Waals surface area contributed by atoms with Crippen molar-refractivity contribution >= 4 is 32.4 Å². The van der Waals surface area contributed by atoms with Crippen LogP contribution in [0.5, 0.6) is 0 Å². The molecule has 6 nitrogen and oxygen atoms in total. The molecule has 32 heavy (non-hydrogen) atoms. The number of anilines is 1. The number of sulfonamides is 1. The molecule has 2 atom stereocenters. The topological polar surface area (TPSA) is 79.4 Å². The second-order valence-corrected chi connectivity index (χ2v) is 11.1. The summed E-state index contributed by atoms with van der Waals surface area (Å²) in [4.78, 5) is 17.2. The summed E-state index contributed by atoms with van der Waals surface area (Å²) in [5, 5.41) is 4.91. The average Bonchev–Trinajstić information content (AvgIpc) is 3.22. The summed E-state index contributed by atoms with van der Waals surface area (Å²) in [6.45, 7) is 5.14. The molecule has 0 unspecified atom stereocenters. The number of carbonyl (C=O) groups is 1. The number of carbonyl (C=O) groups excluding carboxylic acids is 1. The summed E-state index contributed by atoms with van der Waals surface area (Å²) < 4.78 is 40.6. The van der Waals surface area contributed by atoms with E-state index < -0.39 is 10.0 Å². The molecule has 0 spiro atoms. The van der Waals surface area contributed by atoms with Crippen molar-refractivity contribution in [2.75, 3.05) is 18.4 Å². The first-order valence-electron chi connectivity index (χ1n) is 10.4. The maximum absolute atomic E-state index is 13.1. The standard InChI is InChI=1S/C23H24FN3O3S2/c1-15-11-16(2)13-27(12-15)32(29,30)20-9-5-18(6-10-20)22(28)26-23-25-21(14-31-23)17-3-7-19(24)8-4-17/h3-10,14-16H,11-13H2,1-2H3,(H,25,26,28)/t15-,16+. The van der Waals surface area contributed by atoms with Gasteiger partial charge in [-0.05, 0) is 66.8 Å². The molecule has 0 radical (unpaired) electrons. The maximum Gasteiger partial charge on any atom is 0.257 e. The summed E-state index contributed by atoms with van der Waals surface area (Å²) in [6, 6.07) is 11.9. The van der Waals surface area contributed by atoms with Gasteiger partial charge in [0.1, 0.15) is 5.82 Å². The van der Waals surface area contributed by atoms with Gasteiger partial charge in [0.15, 0.2) is 5.13 Å². The highest BCUT2D eigenvalue weighted by Gasteiger charge is 2.31. The minimum absolute atomic E-state index is 0.184. The number of piperidine rings is 1. The van der Waals surface area contributed by atoms with Crippen LogP contribution in [0, 0.1) is 17.7 Å². The lowest BCUT2D eigenvalue weighted by molar-refractivity contribution is 0.102. The smallest absolute Gasteiger partial charge is 0.257 e. The van der Waals surface area contributed by atoms with Crippen molar-refractivity contribution in [1.29, 1.82) is 0 Å². The molecule has 0 saturated carbocycles. The summed E-state index contributed by atoms with van der Waals surface area (Å²) >= 11 is 1.26. The zero-order valence-corrected chi connectivity index (χ0v) is 19.4. The Morgan fingerprint density at radius 2 is 1.69 bits per heavy atom. The van der Waals surface area contributed by atoms with Gasteiger partial charge in [-0.3, -0.25) is 10.1 Å². The van der Waals surface area contributed by atoms with Crippen LogP contribution in [0.3, 0.4) is 0 Å². The number of thiazole rings is 1. The van der Waals surface area contributed by atoms with Crippen molar-refractivity contribution < 1.29 is 17.6 Å². The number of rotatable bonds is 5. The predicted octanol–water partition coefficient (Wildman–Crippen LogP) is 4.87. The van der Waals surface area contributed by atoms with E-state index >= 15 is 0 Å². The molecule has 168 valence electrons. The molecule has 2 aromatic carbocycles. The van der Waals surface area contributed by atoms with Gasteiger partial charge in [-0.25, -0.2) is 17.8 Å². The number of halogens is 1. The third-order valence-corrected chi connectivity index (χ3v) is 8.06. The Morgan fingerprint density at radius 1 is 1.06 bits per heavy atom. The molecule has 0 bridgehead atoms. The van der Waals surface area contributed by atoms with Crippen LogP contribution in [0.4, 0.5) is 9.52 Å². The minimum atomic E-state index is -3.59. The zero-order valence-electron chi connectivity index (χ0n) is 17.8. The van der Waals surface area contributed by atoms with Crippen LogP contribution in [0.2, 0.25) is 0 Å². The first-order valence-corrected chi connectivity index (χ1v) is 12.7. The molecule has 0 aliphatic carbocycles. The van der Waals surface area contributed by atoms with Crippen LogP contribution in [-0.4, -0.2) is 36.7 Å². The van der Waals surface area contributed by atoms with Crippen molar-refractivity contribution in [1.82, 2.24) is 9.29 Å². The summed E-state index contributed by atoms with van der Waals surface area (Å²) in [7, 11) is -3.59. The van der Waals surface area contributed by atoms with Crippen LogP contribution >= 0.6 is 11.3 Å². The van der Waals surface area contributed by atoms with E-state index in [1.165, 1.54) is 52.0 Å². The first-order chi connectivity index (χ1) is 15.2. The number of benzene rings is 2. The van der Waals surface area contributed by atoms with Gasteiger partial charge in [-0.15, -0.1) is 11.3 Å². The van der Waals surface area contributed by atoms with Crippen LogP contribution in [0.25, 0.3) is 11.3 Å². The Morgan fingerprint density at radius 3 is 2.31 bits per heavy atom. The largest absolute Gasteiger partial charge is 0.298 e. The van der Waals surface area contributed by atoms with Gasteiger partial charge in [-0.1, -0.05) is 13.8 Å². The van der Waals surface area contributed by atoms with E-state index in [4.69, 9.17) is 0 Å². The van der Waals surface area contributed by atoms with Gasteiger partial charge in [0.2, 0.25) is 10.0 Å².